The second-order valence-corrected chi connectivity index (χ2v) is 7.74. The van der Waals surface area contributed by atoms with Gasteiger partial charge in [-0.05, 0) is 49.7 Å². The van der Waals surface area contributed by atoms with E-state index in [0.29, 0.717) is 58.6 Å². The average molecular weight is 485 g/mol. The van der Waals surface area contributed by atoms with E-state index in [0.717, 1.165) is 18.4 Å². The minimum Gasteiger partial charge on any atom is -0.495 e. The van der Waals surface area contributed by atoms with Crippen molar-refractivity contribution in [2.75, 3.05) is 40.3 Å². The molecule has 11 heteroatoms. The lowest BCUT2D eigenvalue weighted by atomic mass is 10.0. The minimum absolute atomic E-state index is 0.301. The van der Waals surface area contributed by atoms with Gasteiger partial charge in [0.2, 0.25) is 11.7 Å². The number of unbranched alkanes of at least 4 members (excludes halogenated alkanes) is 1. The number of nitrogens with two attached hydrogens (primary N) is 2. The molecule has 0 saturated carbocycles. The molecule has 1 unspecified atom stereocenters. The number of carbonyl (C=O) groups excluding carboxylic acids is 1. The Labute approximate surface area is 204 Å². The van der Waals surface area contributed by atoms with Gasteiger partial charge in [0.15, 0.2) is 11.5 Å². The summed E-state index contributed by atoms with van der Waals surface area (Å²) >= 11 is 0. The van der Waals surface area contributed by atoms with E-state index in [9.17, 15) is 4.79 Å². The first-order valence-electron chi connectivity index (χ1n) is 11.1. The molecule has 0 saturated heterocycles. The van der Waals surface area contributed by atoms with Crippen LogP contribution in [0.3, 0.4) is 0 Å². The Kier molecular flexibility index (Phi) is 8.87. The summed E-state index contributed by atoms with van der Waals surface area (Å²) in [5, 5.41) is 14.1. The number of H-pyrrole nitrogens is 1. The SMILES string of the molecule is COc1ccc(-c2[nH]nnc2-c2cc(OC)c(OC)c(OC)c2)cc1NC(=O)C(N)CCCCN. The number of aromatic nitrogens is 3. The van der Waals surface area contributed by atoms with Crippen molar-refractivity contribution in [1.29, 1.82) is 0 Å². The van der Waals surface area contributed by atoms with Crippen molar-refractivity contribution >= 4 is 11.6 Å². The number of amides is 1. The monoisotopic (exact) mass is 484 g/mol. The first-order valence-corrected chi connectivity index (χ1v) is 11.1. The van der Waals surface area contributed by atoms with E-state index in [4.69, 9.17) is 30.4 Å². The highest BCUT2D eigenvalue weighted by Crippen LogP contribution is 2.42. The highest BCUT2D eigenvalue weighted by atomic mass is 16.5. The molecule has 0 radical (unpaired) electrons. The van der Waals surface area contributed by atoms with Crippen LogP contribution in [0.4, 0.5) is 5.69 Å². The number of hydrogen-bond acceptors (Lipinski definition) is 9. The molecule has 2 aromatic carbocycles. The zero-order valence-corrected chi connectivity index (χ0v) is 20.4. The van der Waals surface area contributed by atoms with Gasteiger partial charge in [-0.2, -0.15) is 0 Å². The topological polar surface area (TPSA) is 160 Å². The molecule has 11 nitrogen and oxygen atoms in total. The number of anilines is 1. The number of methoxy groups -OCH3 is 4. The van der Waals surface area contributed by atoms with Crippen LogP contribution < -0.4 is 35.7 Å². The maximum atomic E-state index is 12.7. The van der Waals surface area contributed by atoms with Gasteiger partial charge in [-0.25, -0.2) is 0 Å². The largest absolute Gasteiger partial charge is 0.495 e. The molecule has 0 aliphatic heterocycles. The Bertz CT molecular complexity index is 1120. The molecule has 0 bridgehead atoms. The molecule has 0 aliphatic carbocycles. The van der Waals surface area contributed by atoms with E-state index < -0.39 is 6.04 Å². The second kappa shape index (κ2) is 12.0. The first kappa shape index (κ1) is 25.8. The van der Waals surface area contributed by atoms with E-state index in [1.165, 1.54) is 7.11 Å². The van der Waals surface area contributed by atoms with Crippen LogP contribution in [0.2, 0.25) is 0 Å². The van der Waals surface area contributed by atoms with Gasteiger partial charge in [-0.3, -0.25) is 9.89 Å². The first-order chi connectivity index (χ1) is 17.0. The number of hydrogen-bond donors (Lipinski definition) is 4. The standard InChI is InChI=1S/C24H32N6O5/c1-32-18-9-8-14(11-17(18)27-24(31)16(26)7-5-6-10-25)21-22(29-30-28-21)15-12-19(33-2)23(35-4)20(13-15)34-3/h8-9,11-13,16H,5-7,10,25-26H2,1-4H3,(H,27,31)(H,28,29,30). The summed E-state index contributed by atoms with van der Waals surface area (Å²) in [6.45, 7) is 0.566. The van der Waals surface area contributed by atoms with Crippen molar-refractivity contribution in [1.82, 2.24) is 15.4 Å². The highest BCUT2D eigenvalue weighted by Gasteiger charge is 2.21. The van der Waals surface area contributed by atoms with Crippen LogP contribution in [0.1, 0.15) is 19.3 Å². The minimum atomic E-state index is -0.654. The number of ether oxygens (including phenoxy) is 4. The summed E-state index contributed by atoms with van der Waals surface area (Å²) in [5.41, 5.74) is 14.7. The molecule has 0 aliphatic rings. The van der Waals surface area contributed by atoms with Gasteiger partial charge in [0, 0.05) is 11.1 Å². The molecule has 3 rings (SSSR count). The summed E-state index contributed by atoms with van der Waals surface area (Å²) < 4.78 is 21.8. The summed E-state index contributed by atoms with van der Waals surface area (Å²) in [7, 11) is 6.16. The molecule has 35 heavy (non-hydrogen) atoms. The van der Waals surface area contributed by atoms with Crippen molar-refractivity contribution in [3.63, 3.8) is 0 Å². The normalized spacial score (nSPS) is 11.6. The second-order valence-electron chi connectivity index (χ2n) is 7.74. The Morgan fingerprint density at radius 3 is 2.26 bits per heavy atom. The van der Waals surface area contributed by atoms with E-state index in [1.807, 2.05) is 6.07 Å². The lowest BCUT2D eigenvalue weighted by molar-refractivity contribution is -0.117. The van der Waals surface area contributed by atoms with Gasteiger partial charge >= 0.3 is 0 Å². The fraction of sp³-hybridized carbons (Fsp3) is 0.375. The molecular weight excluding hydrogens is 452 g/mol. The predicted molar refractivity (Wildman–Crippen MR) is 133 cm³/mol. The summed E-state index contributed by atoms with van der Waals surface area (Å²) in [6, 6.07) is 8.29. The number of carbonyl (C=O) groups is 1. The highest BCUT2D eigenvalue weighted by molar-refractivity contribution is 5.97. The molecule has 6 N–H and O–H groups in total. The summed E-state index contributed by atoms with van der Waals surface area (Å²) in [5.74, 6) is 1.65. The number of benzene rings is 2. The van der Waals surface area contributed by atoms with Crippen molar-refractivity contribution in [2.45, 2.75) is 25.3 Å². The molecule has 0 spiro atoms. The van der Waals surface area contributed by atoms with E-state index in [-0.39, 0.29) is 5.91 Å². The fourth-order valence-electron chi connectivity index (χ4n) is 3.68. The van der Waals surface area contributed by atoms with Crippen LogP contribution in [0.5, 0.6) is 23.0 Å². The summed E-state index contributed by atoms with van der Waals surface area (Å²) in [4.78, 5) is 12.7. The maximum Gasteiger partial charge on any atom is 0.241 e. The molecule has 1 heterocycles. The third-order valence-corrected chi connectivity index (χ3v) is 5.54. The van der Waals surface area contributed by atoms with Crippen LogP contribution >= 0.6 is 0 Å². The molecule has 1 amide bonds. The zero-order chi connectivity index (χ0) is 25.4. The molecular formula is C24H32N6O5. The van der Waals surface area contributed by atoms with Gasteiger partial charge in [-0.15, -0.1) is 5.10 Å². The van der Waals surface area contributed by atoms with Gasteiger partial charge < -0.3 is 35.7 Å². The van der Waals surface area contributed by atoms with Crippen LogP contribution in [0, 0.1) is 0 Å². The smallest absolute Gasteiger partial charge is 0.241 e. The quantitative estimate of drug-likeness (QED) is 0.283. The number of nitrogens with one attached hydrogen (secondary N) is 2. The predicted octanol–water partition coefficient (Wildman–Crippen LogP) is 2.57. The number of rotatable bonds is 12. The molecule has 188 valence electrons. The molecule has 0 fully saturated rings. The van der Waals surface area contributed by atoms with E-state index in [2.05, 4.69) is 20.7 Å². The van der Waals surface area contributed by atoms with Gasteiger partial charge in [0.1, 0.15) is 11.4 Å². The molecule has 3 aromatic rings. The van der Waals surface area contributed by atoms with Gasteiger partial charge in [-0.1, -0.05) is 11.6 Å². The van der Waals surface area contributed by atoms with Crippen LogP contribution in [0.15, 0.2) is 30.3 Å². The maximum absolute atomic E-state index is 12.7. The Hall–Kier alpha value is -3.83. The fourth-order valence-corrected chi connectivity index (χ4v) is 3.68. The number of nitrogens with zero attached hydrogens (tertiary/aromatic N) is 2. The van der Waals surface area contributed by atoms with Gasteiger partial charge in [0.25, 0.3) is 0 Å². The Morgan fingerprint density at radius 1 is 0.971 bits per heavy atom. The van der Waals surface area contributed by atoms with Crippen LogP contribution in [-0.2, 0) is 4.79 Å². The third-order valence-electron chi connectivity index (χ3n) is 5.54. The van der Waals surface area contributed by atoms with Gasteiger partial charge in [0.05, 0.1) is 45.9 Å². The lowest BCUT2D eigenvalue weighted by Gasteiger charge is -2.16. The average Bonchev–Trinajstić information content (AvgIpc) is 3.37. The van der Waals surface area contributed by atoms with Crippen molar-refractivity contribution in [3.05, 3.63) is 30.3 Å². The van der Waals surface area contributed by atoms with Crippen LogP contribution in [0.25, 0.3) is 22.5 Å². The summed E-state index contributed by atoms with van der Waals surface area (Å²) in [6.07, 6.45) is 2.14. The van der Waals surface area contributed by atoms with Crippen molar-refractivity contribution in [3.8, 4) is 45.5 Å². The van der Waals surface area contributed by atoms with E-state index in [1.54, 1.807) is 45.6 Å². The molecule has 1 atom stereocenters. The molecule has 1 aromatic heterocycles. The van der Waals surface area contributed by atoms with E-state index >= 15 is 0 Å². The Morgan fingerprint density at radius 2 is 1.66 bits per heavy atom. The van der Waals surface area contributed by atoms with Crippen molar-refractivity contribution in [2.24, 2.45) is 11.5 Å². The number of aromatic amines is 1. The Balaban J connectivity index is 1.96. The van der Waals surface area contributed by atoms with Crippen LogP contribution in [-0.4, -0.2) is 62.3 Å². The lowest BCUT2D eigenvalue weighted by Crippen LogP contribution is -2.35. The zero-order valence-electron chi connectivity index (χ0n) is 20.4. The third kappa shape index (κ3) is 5.81. The van der Waals surface area contributed by atoms with Crippen molar-refractivity contribution < 1.29 is 23.7 Å².